The first kappa shape index (κ1) is 16.9. The minimum Gasteiger partial charge on any atom is -0.490 e. The van der Waals surface area contributed by atoms with Gasteiger partial charge in [-0.2, -0.15) is 0 Å². The maximum atomic E-state index is 11.5. The van der Waals surface area contributed by atoms with E-state index in [1.54, 1.807) is 6.07 Å². The Morgan fingerprint density at radius 3 is 2.81 bits per heavy atom. The molecule has 0 heterocycles. The van der Waals surface area contributed by atoms with Gasteiger partial charge in [0.25, 0.3) is 5.91 Å². The van der Waals surface area contributed by atoms with Gasteiger partial charge >= 0.3 is 0 Å². The Hall–Kier alpha value is -2.19. The van der Waals surface area contributed by atoms with Crippen LogP contribution < -0.4 is 20.5 Å². The van der Waals surface area contributed by atoms with Gasteiger partial charge in [0, 0.05) is 6.04 Å². The highest BCUT2D eigenvalue weighted by Gasteiger charge is 2.09. The number of terminal acetylenes is 1. The van der Waals surface area contributed by atoms with E-state index in [4.69, 9.17) is 21.6 Å². The molecule has 1 rings (SSSR count). The van der Waals surface area contributed by atoms with Crippen molar-refractivity contribution >= 4 is 5.91 Å². The summed E-state index contributed by atoms with van der Waals surface area (Å²) in [7, 11) is 0. The first-order chi connectivity index (χ1) is 10.1. The molecule has 1 atom stereocenters. The van der Waals surface area contributed by atoms with Crippen LogP contribution in [0.1, 0.15) is 19.4 Å². The number of ether oxygens (including phenoxy) is 2. The molecule has 1 aromatic carbocycles. The van der Waals surface area contributed by atoms with Crippen LogP contribution in [0.25, 0.3) is 0 Å². The van der Waals surface area contributed by atoms with E-state index < -0.39 is 0 Å². The van der Waals surface area contributed by atoms with Crippen molar-refractivity contribution in [1.82, 2.24) is 5.32 Å². The summed E-state index contributed by atoms with van der Waals surface area (Å²) in [5.74, 6) is 3.20. The Balaban J connectivity index is 2.72. The fraction of sp³-hybridized carbons (Fsp3) is 0.438. The van der Waals surface area contributed by atoms with E-state index in [2.05, 4.69) is 11.2 Å². The molecule has 1 amide bonds. The van der Waals surface area contributed by atoms with Gasteiger partial charge in [-0.1, -0.05) is 12.0 Å². The number of amides is 1. The second kappa shape index (κ2) is 8.88. The van der Waals surface area contributed by atoms with Crippen molar-refractivity contribution in [2.24, 2.45) is 5.73 Å². The normalized spacial score (nSPS) is 11.3. The minimum absolute atomic E-state index is 0.0702. The Labute approximate surface area is 125 Å². The van der Waals surface area contributed by atoms with Crippen molar-refractivity contribution in [1.29, 1.82) is 0 Å². The molecule has 5 heteroatoms. The SMILES string of the molecule is C#CCNC(=O)COc1ccc(CC(C)N)cc1OCC. The summed E-state index contributed by atoms with van der Waals surface area (Å²) in [5.41, 5.74) is 6.86. The molecule has 1 unspecified atom stereocenters. The molecule has 5 nitrogen and oxygen atoms in total. The van der Waals surface area contributed by atoms with Gasteiger partial charge in [0.2, 0.25) is 0 Å². The van der Waals surface area contributed by atoms with Gasteiger partial charge in [-0.15, -0.1) is 6.42 Å². The molecule has 0 aliphatic heterocycles. The number of hydrogen-bond acceptors (Lipinski definition) is 4. The molecule has 0 saturated heterocycles. The molecule has 0 spiro atoms. The van der Waals surface area contributed by atoms with Crippen LogP contribution in [0.4, 0.5) is 0 Å². The van der Waals surface area contributed by atoms with Crippen molar-refractivity contribution in [3.63, 3.8) is 0 Å². The second-order valence-electron chi connectivity index (χ2n) is 4.67. The van der Waals surface area contributed by atoms with Gasteiger partial charge in [0.1, 0.15) is 0 Å². The van der Waals surface area contributed by atoms with Crippen molar-refractivity contribution in [3.05, 3.63) is 23.8 Å². The zero-order valence-electron chi connectivity index (χ0n) is 12.5. The van der Waals surface area contributed by atoms with Crippen LogP contribution in [-0.2, 0) is 11.2 Å². The Morgan fingerprint density at radius 2 is 2.19 bits per heavy atom. The van der Waals surface area contributed by atoms with Crippen LogP contribution in [0, 0.1) is 12.3 Å². The highest BCUT2D eigenvalue weighted by atomic mass is 16.5. The monoisotopic (exact) mass is 290 g/mol. The van der Waals surface area contributed by atoms with Crippen LogP contribution in [-0.4, -0.2) is 31.7 Å². The highest BCUT2D eigenvalue weighted by molar-refractivity contribution is 5.77. The zero-order valence-corrected chi connectivity index (χ0v) is 12.5. The summed E-state index contributed by atoms with van der Waals surface area (Å²) in [6.45, 7) is 4.44. The lowest BCUT2D eigenvalue weighted by Crippen LogP contribution is -2.29. The van der Waals surface area contributed by atoms with E-state index in [-0.39, 0.29) is 25.1 Å². The van der Waals surface area contributed by atoms with Crippen molar-refractivity contribution in [2.45, 2.75) is 26.3 Å². The fourth-order valence-corrected chi connectivity index (χ4v) is 1.78. The molecule has 21 heavy (non-hydrogen) atoms. The standard InChI is InChI=1S/C16H22N2O3/c1-4-8-18-16(19)11-21-14-7-6-13(9-12(3)17)10-15(14)20-5-2/h1,6-7,10,12H,5,8-9,11,17H2,2-3H3,(H,18,19). The van der Waals surface area contributed by atoms with Crippen LogP contribution in [0.5, 0.6) is 11.5 Å². The molecule has 0 bridgehead atoms. The minimum atomic E-state index is -0.268. The van der Waals surface area contributed by atoms with E-state index in [0.29, 0.717) is 18.1 Å². The lowest BCUT2D eigenvalue weighted by Gasteiger charge is -2.14. The highest BCUT2D eigenvalue weighted by Crippen LogP contribution is 2.28. The predicted octanol–water partition coefficient (Wildman–Crippen LogP) is 1.10. The number of nitrogens with one attached hydrogen (secondary N) is 1. The molecule has 0 aromatic heterocycles. The maximum Gasteiger partial charge on any atom is 0.258 e. The molecular formula is C16H22N2O3. The Bertz CT molecular complexity index is 507. The van der Waals surface area contributed by atoms with Gasteiger partial charge in [-0.25, -0.2) is 0 Å². The van der Waals surface area contributed by atoms with Crippen molar-refractivity contribution < 1.29 is 14.3 Å². The molecule has 0 fully saturated rings. The van der Waals surface area contributed by atoms with E-state index in [1.165, 1.54) is 0 Å². The van der Waals surface area contributed by atoms with E-state index in [9.17, 15) is 4.79 Å². The Kier molecular flexibility index (Phi) is 7.13. The average Bonchev–Trinajstić information content (AvgIpc) is 2.44. The second-order valence-corrected chi connectivity index (χ2v) is 4.67. The first-order valence-electron chi connectivity index (χ1n) is 6.91. The lowest BCUT2D eigenvalue weighted by molar-refractivity contribution is -0.122. The smallest absolute Gasteiger partial charge is 0.258 e. The van der Waals surface area contributed by atoms with E-state index >= 15 is 0 Å². The summed E-state index contributed by atoms with van der Waals surface area (Å²) < 4.78 is 11.0. The lowest BCUT2D eigenvalue weighted by atomic mass is 10.1. The Morgan fingerprint density at radius 1 is 1.43 bits per heavy atom. The first-order valence-corrected chi connectivity index (χ1v) is 6.91. The van der Waals surface area contributed by atoms with E-state index in [0.717, 1.165) is 12.0 Å². The average molecular weight is 290 g/mol. The van der Waals surface area contributed by atoms with Gasteiger partial charge in [0.05, 0.1) is 13.2 Å². The number of nitrogens with two attached hydrogens (primary N) is 1. The topological polar surface area (TPSA) is 73.6 Å². The summed E-state index contributed by atoms with van der Waals surface area (Å²) in [4.78, 5) is 11.5. The summed E-state index contributed by atoms with van der Waals surface area (Å²) >= 11 is 0. The van der Waals surface area contributed by atoms with Crippen molar-refractivity contribution in [3.8, 4) is 23.8 Å². The molecule has 3 N–H and O–H groups in total. The number of rotatable bonds is 8. The number of benzene rings is 1. The molecule has 114 valence electrons. The molecule has 0 aliphatic carbocycles. The molecular weight excluding hydrogens is 268 g/mol. The van der Waals surface area contributed by atoms with Gasteiger partial charge < -0.3 is 20.5 Å². The van der Waals surface area contributed by atoms with Crippen LogP contribution in [0.15, 0.2) is 18.2 Å². The largest absolute Gasteiger partial charge is 0.490 e. The summed E-state index contributed by atoms with van der Waals surface area (Å²) in [6, 6.07) is 5.67. The van der Waals surface area contributed by atoms with Crippen molar-refractivity contribution in [2.75, 3.05) is 19.8 Å². The number of carbonyl (C=O) groups excluding carboxylic acids is 1. The third kappa shape index (κ3) is 6.19. The molecule has 0 saturated carbocycles. The van der Waals surface area contributed by atoms with Crippen LogP contribution >= 0.6 is 0 Å². The van der Waals surface area contributed by atoms with Crippen LogP contribution in [0.2, 0.25) is 0 Å². The van der Waals surface area contributed by atoms with Crippen LogP contribution in [0.3, 0.4) is 0 Å². The van der Waals surface area contributed by atoms with Gasteiger partial charge in [-0.3, -0.25) is 4.79 Å². The maximum absolute atomic E-state index is 11.5. The number of hydrogen-bond donors (Lipinski definition) is 2. The molecule has 0 radical (unpaired) electrons. The fourth-order valence-electron chi connectivity index (χ4n) is 1.78. The van der Waals surface area contributed by atoms with Gasteiger partial charge in [-0.05, 0) is 38.0 Å². The summed E-state index contributed by atoms with van der Waals surface area (Å²) in [6.07, 6.45) is 5.82. The third-order valence-electron chi connectivity index (χ3n) is 2.61. The van der Waals surface area contributed by atoms with E-state index in [1.807, 2.05) is 26.0 Å². The zero-order chi connectivity index (χ0) is 15.7. The molecule has 0 aliphatic rings. The van der Waals surface area contributed by atoms with Gasteiger partial charge in [0.15, 0.2) is 18.1 Å². The number of carbonyl (C=O) groups is 1. The molecule has 1 aromatic rings. The quantitative estimate of drug-likeness (QED) is 0.703. The summed E-state index contributed by atoms with van der Waals surface area (Å²) in [5, 5.41) is 2.53. The predicted molar refractivity (Wildman–Crippen MR) is 82.3 cm³/mol. The third-order valence-corrected chi connectivity index (χ3v) is 2.61.